The van der Waals surface area contributed by atoms with E-state index in [9.17, 15) is 18.0 Å². The van der Waals surface area contributed by atoms with Gasteiger partial charge >= 0.3 is 12.1 Å². The molecule has 0 unspecified atom stereocenters. The lowest BCUT2D eigenvalue weighted by molar-refractivity contribution is -0.192. The summed E-state index contributed by atoms with van der Waals surface area (Å²) in [4.78, 5) is 32.4. The molecule has 1 aromatic carbocycles. The molecule has 0 aliphatic heterocycles. The molecule has 1 aliphatic carbocycles. The topological polar surface area (TPSA) is 122 Å². The Kier molecular flexibility index (Phi) is 11.1. The number of hydrazine groups is 1. The highest BCUT2D eigenvalue weighted by atomic mass is 35.5. The first-order chi connectivity index (χ1) is 17.5. The van der Waals surface area contributed by atoms with E-state index in [0.717, 1.165) is 45.3 Å². The number of nitrogens with one attached hydrogen (secondary N) is 1. The zero-order valence-corrected chi connectivity index (χ0v) is 21.2. The first-order valence-electron chi connectivity index (χ1n) is 11.6. The number of amides is 1. The van der Waals surface area contributed by atoms with Gasteiger partial charge < -0.3 is 5.11 Å². The van der Waals surface area contributed by atoms with Crippen LogP contribution < -0.4 is 10.4 Å². The van der Waals surface area contributed by atoms with Gasteiger partial charge in [-0.25, -0.2) is 9.78 Å². The Balaban J connectivity index is 0.000000604. The molecule has 9 nitrogen and oxygen atoms in total. The maximum absolute atomic E-state index is 13.0. The minimum Gasteiger partial charge on any atom is -0.475 e. The molecule has 1 heterocycles. The highest BCUT2D eigenvalue weighted by Gasteiger charge is 2.38. The summed E-state index contributed by atoms with van der Waals surface area (Å²) >= 11 is 6.32. The molecule has 1 amide bonds. The predicted molar refractivity (Wildman–Crippen MR) is 131 cm³/mol. The number of rotatable bonds is 8. The van der Waals surface area contributed by atoms with E-state index in [1.54, 1.807) is 5.01 Å². The quantitative estimate of drug-likeness (QED) is 0.467. The van der Waals surface area contributed by atoms with Gasteiger partial charge in [-0.2, -0.15) is 23.4 Å². The van der Waals surface area contributed by atoms with Crippen LogP contribution in [-0.4, -0.2) is 57.2 Å². The molecule has 200 valence electrons. The third-order valence-corrected chi connectivity index (χ3v) is 5.99. The van der Waals surface area contributed by atoms with Crippen molar-refractivity contribution in [1.82, 2.24) is 20.3 Å². The number of alkyl halides is 3. The molecule has 1 aromatic heterocycles. The number of carbonyl (C=O) groups excluding carboxylic acids is 1. The Labute approximate surface area is 217 Å². The van der Waals surface area contributed by atoms with E-state index < -0.39 is 12.1 Å². The van der Waals surface area contributed by atoms with Gasteiger partial charge in [0.1, 0.15) is 11.1 Å². The van der Waals surface area contributed by atoms with Gasteiger partial charge in [0.2, 0.25) is 5.82 Å². The highest BCUT2D eigenvalue weighted by molar-refractivity contribution is 6.32. The van der Waals surface area contributed by atoms with Crippen molar-refractivity contribution in [2.75, 3.05) is 18.1 Å². The number of hydrogen-bond acceptors (Lipinski definition) is 7. The fourth-order valence-electron chi connectivity index (χ4n) is 3.70. The van der Waals surface area contributed by atoms with E-state index >= 15 is 0 Å². The van der Waals surface area contributed by atoms with Gasteiger partial charge in [0.25, 0.3) is 5.91 Å². The molecule has 2 aromatic rings. The maximum Gasteiger partial charge on any atom is 0.490 e. The molecule has 0 spiro atoms. The number of carboxylic acids is 1. The van der Waals surface area contributed by atoms with Gasteiger partial charge in [0.15, 0.2) is 5.82 Å². The molecule has 37 heavy (non-hydrogen) atoms. The summed E-state index contributed by atoms with van der Waals surface area (Å²) in [6, 6.07) is 9.65. The van der Waals surface area contributed by atoms with Gasteiger partial charge in [0, 0.05) is 12.1 Å². The SMILES string of the molecule is CCN(CC)Cc1ccc(C(=O)NN(c2nc(C#N)ncc2Cl)C2CCCC2)cc1.O=C(O)C(F)(F)F. The summed E-state index contributed by atoms with van der Waals surface area (Å²) in [5, 5.41) is 18.3. The molecule has 13 heteroatoms. The van der Waals surface area contributed by atoms with Crippen molar-refractivity contribution in [3.05, 3.63) is 52.4 Å². The summed E-state index contributed by atoms with van der Waals surface area (Å²) in [7, 11) is 0. The second kappa shape index (κ2) is 13.8. The molecule has 0 atom stereocenters. The number of halogens is 4. The van der Waals surface area contributed by atoms with Gasteiger partial charge in [-0.05, 0) is 43.6 Å². The van der Waals surface area contributed by atoms with Crippen LogP contribution in [0.25, 0.3) is 0 Å². The van der Waals surface area contributed by atoms with E-state index in [0.29, 0.717) is 16.4 Å². The van der Waals surface area contributed by atoms with Crippen LogP contribution in [0.5, 0.6) is 0 Å². The Morgan fingerprint density at radius 1 is 1.19 bits per heavy atom. The van der Waals surface area contributed by atoms with Crippen LogP contribution in [0.15, 0.2) is 30.5 Å². The number of benzene rings is 1. The summed E-state index contributed by atoms with van der Waals surface area (Å²) in [6.45, 7) is 7.10. The van der Waals surface area contributed by atoms with Gasteiger partial charge in [-0.15, -0.1) is 0 Å². The molecule has 0 radical (unpaired) electrons. The van der Waals surface area contributed by atoms with Crippen LogP contribution in [0.4, 0.5) is 19.0 Å². The highest BCUT2D eigenvalue weighted by Crippen LogP contribution is 2.30. The van der Waals surface area contributed by atoms with Crippen molar-refractivity contribution in [2.45, 2.75) is 58.3 Å². The molecule has 0 saturated heterocycles. The number of aliphatic carboxylic acids is 1. The monoisotopic (exact) mass is 540 g/mol. The average Bonchev–Trinajstić information content (AvgIpc) is 3.41. The van der Waals surface area contributed by atoms with Crippen molar-refractivity contribution in [3.63, 3.8) is 0 Å². The van der Waals surface area contributed by atoms with E-state index in [1.165, 1.54) is 11.8 Å². The molecule has 0 bridgehead atoms. The van der Waals surface area contributed by atoms with Crippen LogP contribution in [0.1, 0.15) is 61.3 Å². The number of nitrogens with zero attached hydrogens (tertiary/aromatic N) is 5. The molecule has 3 rings (SSSR count). The second-order valence-corrected chi connectivity index (χ2v) is 8.59. The van der Waals surface area contributed by atoms with Gasteiger partial charge in [0.05, 0.1) is 12.2 Å². The molecule has 1 fully saturated rings. The minimum atomic E-state index is -5.08. The number of aromatic nitrogens is 2. The van der Waals surface area contributed by atoms with Crippen LogP contribution >= 0.6 is 11.6 Å². The van der Waals surface area contributed by atoms with E-state index in [1.807, 2.05) is 30.3 Å². The average molecular weight is 541 g/mol. The van der Waals surface area contributed by atoms with E-state index in [2.05, 4.69) is 34.1 Å². The molecule has 2 N–H and O–H groups in total. The molecule has 1 aliphatic rings. The minimum absolute atomic E-state index is 0.0207. The Bertz CT molecular complexity index is 1100. The number of hydrogen-bond donors (Lipinski definition) is 2. The van der Waals surface area contributed by atoms with Crippen LogP contribution in [0.2, 0.25) is 5.02 Å². The normalized spacial score (nSPS) is 13.5. The Morgan fingerprint density at radius 2 is 1.76 bits per heavy atom. The van der Waals surface area contributed by atoms with Crippen molar-refractivity contribution >= 4 is 29.3 Å². The zero-order valence-electron chi connectivity index (χ0n) is 20.4. The van der Waals surface area contributed by atoms with Gasteiger partial charge in [-0.3, -0.25) is 20.1 Å². The summed E-state index contributed by atoms with van der Waals surface area (Å²) in [6.07, 6.45) is 0.310. The van der Waals surface area contributed by atoms with E-state index in [-0.39, 0.29) is 17.8 Å². The van der Waals surface area contributed by atoms with Crippen LogP contribution in [0, 0.1) is 11.3 Å². The predicted octanol–water partition coefficient (Wildman–Crippen LogP) is 4.57. The number of carbonyl (C=O) groups is 2. The van der Waals surface area contributed by atoms with Gasteiger partial charge in [-0.1, -0.05) is 50.4 Å². The Hall–Kier alpha value is -3.43. The number of nitriles is 1. The number of carboxylic acid groups (broad SMARTS) is 1. The third-order valence-electron chi connectivity index (χ3n) is 5.72. The zero-order chi connectivity index (χ0) is 27.6. The smallest absolute Gasteiger partial charge is 0.475 e. The summed E-state index contributed by atoms with van der Waals surface area (Å²) in [5.41, 5.74) is 4.70. The fraction of sp³-hybridized carbons (Fsp3) is 0.458. The second-order valence-electron chi connectivity index (χ2n) is 8.19. The van der Waals surface area contributed by atoms with Crippen molar-refractivity contribution in [2.24, 2.45) is 0 Å². The summed E-state index contributed by atoms with van der Waals surface area (Å²) in [5.74, 6) is -2.61. The molecular weight excluding hydrogens is 513 g/mol. The molecular formula is C24H28ClF3N6O3. The first-order valence-corrected chi connectivity index (χ1v) is 12.0. The van der Waals surface area contributed by atoms with E-state index in [4.69, 9.17) is 26.8 Å². The molecule has 1 saturated carbocycles. The standard InChI is InChI=1S/C22H27ClN6O.C2HF3O2/c1-3-28(4-2)15-16-9-11-17(12-10-16)22(30)27-29(18-7-5-6-8-18)21-19(23)14-25-20(13-24)26-21;3-2(4,5)1(6)7/h9-12,14,18H,3-8,15H2,1-2H3,(H,27,30);(H,6,7). The van der Waals surface area contributed by atoms with Crippen LogP contribution in [-0.2, 0) is 11.3 Å². The maximum atomic E-state index is 13.0. The number of anilines is 1. The van der Waals surface area contributed by atoms with Crippen LogP contribution in [0.3, 0.4) is 0 Å². The lowest BCUT2D eigenvalue weighted by atomic mass is 10.1. The van der Waals surface area contributed by atoms with Crippen molar-refractivity contribution < 1.29 is 27.9 Å². The largest absolute Gasteiger partial charge is 0.490 e. The van der Waals surface area contributed by atoms with Crippen molar-refractivity contribution in [1.29, 1.82) is 5.26 Å². The fourth-order valence-corrected chi connectivity index (χ4v) is 3.88. The Morgan fingerprint density at radius 3 is 2.24 bits per heavy atom. The first kappa shape index (κ1) is 29.8. The summed E-state index contributed by atoms with van der Waals surface area (Å²) < 4.78 is 31.7. The van der Waals surface area contributed by atoms with Crippen molar-refractivity contribution in [3.8, 4) is 6.07 Å². The third kappa shape index (κ3) is 8.87. The lowest BCUT2D eigenvalue weighted by Gasteiger charge is -2.30. The lowest BCUT2D eigenvalue weighted by Crippen LogP contribution is -2.48.